The Labute approximate surface area is 183 Å². The van der Waals surface area contributed by atoms with Crippen LogP contribution < -0.4 is 5.19 Å². The second kappa shape index (κ2) is 7.04. The minimum Gasteiger partial charge on any atom is -0.256 e. The standard InChI is InChI=1S/C27H27NSSi/c1-17(2)18-12-13-28-24(16-18)20-7-10-25-23(15-20)27-22-9-8-21(30(3,4)5)14-19(22)6-11-26(27)29-25/h6-17H,1-5H3. The van der Waals surface area contributed by atoms with Gasteiger partial charge in [-0.05, 0) is 52.6 Å². The van der Waals surface area contributed by atoms with Crippen molar-refractivity contribution in [2.45, 2.75) is 39.4 Å². The molecule has 2 heterocycles. The van der Waals surface area contributed by atoms with Crippen molar-refractivity contribution in [1.82, 2.24) is 4.98 Å². The molecule has 5 rings (SSSR count). The fraction of sp³-hybridized carbons (Fsp3) is 0.222. The minimum absolute atomic E-state index is 0.502. The molecule has 1 nitrogen and oxygen atoms in total. The number of benzene rings is 3. The van der Waals surface area contributed by atoms with Crippen molar-refractivity contribution >= 4 is 55.5 Å². The summed E-state index contributed by atoms with van der Waals surface area (Å²) in [7, 11) is -1.33. The number of pyridine rings is 1. The highest BCUT2D eigenvalue weighted by Gasteiger charge is 2.18. The van der Waals surface area contributed by atoms with Crippen molar-refractivity contribution in [2.75, 3.05) is 0 Å². The SMILES string of the molecule is CC(C)c1ccnc(-c2ccc3sc4ccc5cc([Si](C)(C)C)ccc5c4c3c2)c1. The summed E-state index contributed by atoms with van der Waals surface area (Å²) in [5, 5.41) is 6.96. The molecular formula is C27H27NSSi. The summed E-state index contributed by atoms with van der Waals surface area (Å²) < 4.78 is 2.70. The van der Waals surface area contributed by atoms with Crippen molar-refractivity contribution < 1.29 is 0 Å². The lowest BCUT2D eigenvalue weighted by Gasteiger charge is -2.17. The fourth-order valence-corrected chi connectivity index (χ4v) is 6.47. The van der Waals surface area contributed by atoms with Crippen LogP contribution in [0.15, 0.2) is 66.9 Å². The van der Waals surface area contributed by atoms with Crippen LogP contribution in [0.4, 0.5) is 0 Å². The molecule has 0 aliphatic carbocycles. The molecule has 2 aromatic heterocycles. The monoisotopic (exact) mass is 425 g/mol. The second-order valence-electron chi connectivity index (χ2n) is 9.57. The lowest BCUT2D eigenvalue weighted by molar-refractivity contribution is 0.864. The Hall–Kier alpha value is -2.49. The van der Waals surface area contributed by atoms with Gasteiger partial charge in [0, 0.05) is 31.9 Å². The zero-order valence-corrected chi connectivity index (χ0v) is 20.1. The molecule has 0 aliphatic rings. The normalized spacial score (nSPS) is 12.5. The summed E-state index contributed by atoms with van der Waals surface area (Å²) in [4.78, 5) is 4.67. The maximum atomic E-state index is 4.67. The van der Waals surface area contributed by atoms with Gasteiger partial charge in [0.25, 0.3) is 0 Å². The molecule has 30 heavy (non-hydrogen) atoms. The topological polar surface area (TPSA) is 12.9 Å². The zero-order valence-electron chi connectivity index (χ0n) is 18.3. The van der Waals surface area contributed by atoms with Crippen molar-refractivity contribution in [3.8, 4) is 11.3 Å². The number of hydrogen-bond acceptors (Lipinski definition) is 2. The Balaban J connectivity index is 1.75. The van der Waals surface area contributed by atoms with Gasteiger partial charge in [-0.15, -0.1) is 11.3 Å². The number of thiophene rings is 1. The van der Waals surface area contributed by atoms with Crippen LogP contribution in [-0.4, -0.2) is 13.1 Å². The average Bonchev–Trinajstić information content (AvgIpc) is 3.11. The van der Waals surface area contributed by atoms with Gasteiger partial charge in [0.05, 0.1) is 13.8 Å². The van der Waals surface area contributed by atoms with Gasteiger partial charge in [-0.3, -0.25) is 4.98 Å². The third kappa shape index (κ3) is 3.26. The van der Waals surface area contributed by atoms with Crippen LogP contribution in [0.5, 0.6) is 0 Å². The number of rotatable bonds is 3. The van der Waals surface area contributed by atoms with Gasteiger partial charge in [0.2, 0.25) is 0 Å². The van der Waals surface area contributed by atoms with Gasteiger partial charge in [0.15, 0.2) is 0 Å². The van der Waals surface area contributed by atoms with Crippen LogP contribution in [-0.2, 0) is 0 Å². The summed E-state index contributed by atoms with van der Waals surface area (Å²) in [6, 6.07) is 22.9. The van der Waals surface area contributed by atoms with Crippen molar-refractivity contribution in [3.63, 3.8) is 0 Å². The van der Waals surface area contributed by atoms with Crippen molar-refractivity contribution in [1.29, 1.82) is 0 Å². The van der Waals surface area contributed by atoms with E-state index < -0.39 is 8.07 Å². The largest absolute Gasteiger partial charge is 0.256 e. The van der Waals surface area contributed by atoms with Crippen LogP contribution in [0.2, 0.25) is 19.6 Å². The number of nitrogens with zero attached hydrogens (tertiary/aromatic N) is 1. The van der Waals surface area contributed by atoms with E-state index in [9.17, 15) is 0 Å². The second-order valence-corrected chi connectivity index (χ2v) is 15.7. The molecule has 3 aromatic carbocycles. The smallest absolute Gasteiger partial charge is 0.0776 e. The van der Waals surface area contributed by atoms with E-state index in [1.54, 1.807) is 0 Å². The first-order chi connectivity index (χ1) is 14.3. The number of aromatic nitrogens is 1. The van der Waals surface area contributed by atoms with Gasteiger partial charge >= 0.3 is 0 Å². The summed E-state index contributed by atoms with van der Waals surface area (Å²) in [5.74, 6) is 0.502. The van der Waals surface area contributed by atoms with E-state index in [0.717, 1.165) is 5.69 Å². The molecule has 0 aliphatic heterocycles. The maximum Gasteiger partial charge on any atom is 0.0776 e. The number of hydrogen-bond donors (Lipinski definition) is 0. The van der Waals surface area contributed by atoms with Gasteiger partial charge < -0.3 is 0 Å². The van der Waals surface area contributed by atoms with Crippen LogP contribution >= 0.6 is 11.3 Å². The predicted molar refractivity (Wildman–Crippen MR) is 137 cm³/mol. The molecule has 0 unspecified atom stereocenters. The Bertz CT molecular complexity index is 1410. The van der Waals surface area contributed by atoms with Gasteiger partial charge in [-0.2, -0.15) is 0 Å². The van der Waals surface area contributed by atoms with Gasteiger partial charge in [-0.25, -0.2) is 0 Å². The van der Waals surface area contributed by atoms with E-state index in [-0.39, 0.29) is 0 Å². The molecule has 0 amide bonds. The molecule has 0 saturated carbocycles. The van der Waals surface area contributed by atoms with E-state index in [1.807, 2.05) is 17.5 Å². The summed E-state index contributed by atoms with van der Waals surface area (Å²) in [5.41, 5.74) is 3.59. The first kappa shape index (κ1) is 19.5. The summed E-state index contributed by atoms with van der Waals surface area (Å²) >= 11 is 1.89. The molecule has 0 radical (unpaired) electrons. The third-order valence-electron chi connectivity index (χ3n) is 6.06. The third-order valence-corrected chi connectivity index (χ3v) is 9.24. The lowest BCUT2D eigenvalue weighted by Crippen LogP contribution is -2.37. The Kier molecular flexibility index (Phi) is 4.57. The van der Waals surface area contributed by atoms with Crippen molar-refractivity contribution in [2.24, 2.45) is 0 Å². The highest BCUT2D eigenvalue weighted by molar-refractivity contribution is 7.26. The molecule has 0 atom stereocenters. The van der Waals surface area contributed by atoms with Crippen LogP contribution in [0, 0.1) is 0 Å². The predicted octanol–water partition coefficient (Wildman–Crippen LogP) is 7.94. The molecule has 0 spiro atoms. The minimum atomic E-state index is -1.33. The highest BCUT2D eigenvalue weighted by atomic mass is 32.1. The molecule has 0 saturated heterocycles. The van der Waals surface area contributed by atoms with Crippen LogP contribution in [0.25, 0.3) is 42.2 Å². The maximum absolute atomic E-state index is 4.67. The van der Waals surface area contributed by atoms with Crippen LogP contribution in [0.3, 0.4) is 0 Å². The van der Waals surface area contributed by atoms with Gasteiger partial charge in [0.1, 0.15) is 0 Å². The Morgan fingerprint density at radius 3 is 2.37 bits per heavy atom. The van der Waals surface area contributed by atoms with E-state index in [4.69, 9.17) is 0 Å². The highest BCUT2D eigenvalue weighted by Crippen LogP contribution is 2.40. The summed E-state index contributed by atoms with van der Waals surface area (Å²) in [6.07, 6.45) is 1.94. The number of fused-ring (bicyclic) bond motifs is 5. The molecular weight excluding hydrogens is 398 g/mol. The molecule has 0 bridgehead atoms. The molecule has 0 fully saturated rings. The lowest BCUT2D eigenvalue weighted by atomic mass is 9.99. The van der Waals surface area contributed by atoms with E-state index >= 15 is 0 Å². The first-order valence-corrected chi connectivity index (χ1v) is 15.0. The van der Waals surface area contributed by atoms with E-state index in [1.165, 1.54) is 47.3 Å². The first-order valence-electron chi connectivity index (χ1n) is 10.7. The quantitative estimate of drug-likeness (QED) is 0.267. The molecule has 5 aromatic rings. The summed E-state index contributed by atoms with van der Waals surface area (Å²) in [6.45, 7) is 11.7. The van der Waals surface area contributed by atoms with Crippen LogP contribution in [0.1, 0.15) is 25.3 Å². The van der Waals surface area contributed by atoms with E-state index in [0.29, 0.717) is 5.92 Å². The van der Waals surface area contributed by atoms with Gasteiger partial charge in [-0.1, -0.05) is 69.0 Å². The Morgan fingerprint density at radius 2 is 1.60 bits per heavy atom. The zero-order chi connectivity index (χ0) is 21.0. The fourth-order valence-electron chi connectivity index (χ4n) is 4.20. The molecule has 150 valence electrons. The molecule has 0 N–H and O–H groups in total. The Morgan fingerprint density at radius 1 is 0.800 bits per heavy atom. The average molecular weight is 426 g/mol. The van der Waals surface area contributed by atoms with Crippen molar-refractivity contribution in [3.05, 3.63) is 72.4 Å². The molecule has 3 heteroatoms. The van der Waals surface area contributed by atoms with E-state index in [2.05, 4.69) is 99.1 Å².